The van der Waals surface area contributed by atoms with Gasteiger partial charge in [-0.2, -0.15) is 0 Å². The molecule has 27 heavy (non-hydrogen) atoms. The highest BCUT2D eigenvalue weighted by Gasteiger charge is 2.30. The SMILES string of the molecule is NC1CCC(C(=O)Nc2nccn2Cc2ccc(F)cc2)c2ccccc21. The maximum absolute atomic E-state index is 13.1. The lowest BCUT2D eigenvalue weighted by atomic mass is 9.80. The Morgan fingerprint density at radius 1 is 1.15 bits per heavy atom. The van der Waals surface area contributed by atoms with E-state index in [4.69, 9.17) is 5.73 Å². The Morgan fingerprint density at radius 2 is 1.89 bits per heavy atom. The molecule has 0 radical (unpaired) electrons. The van der Waals surface area contributed by atoms with Crippen LogP contribution < -0.4 is 11.1 Å². The molecule has 3 N–H and O–H groups in total. The zero-order valence-corrected chi connectivity index (χ0v) is 14.8. The first kappa shape index (κ1) is 17.4. The number of rotatable bonds is 4. The number of hydrogen-bond acceptors (Lipinski definition) is 3. The van der Waals surface area contributed by atoms with Gasteiger partial charge >= 0.3 is 0 Å². The first-order chi connectivity index (χ1) is 13.1. The number of fused-ring (bicyclic) bond motifs is 1. The van der Waals surface area contributed by atoms with Crippen LogP contribution in [0.2, 0.25) is 0 Å². The first-order valence-corrected chi connectivity index (χ1v) is 9.02. The molecule has 5 nitrogen and oxygen atoms in total. The number of anilines is 1. The molecule has 2 unspecified atom stereocenters. The van der Waals surface area contributed by atoms with Crippen molar-refractivity contribution in [3.63, 3.8) is 0 Å². The van der Waals surface area contributed by atoms with Gasteiger partial charge in [-0.15, -0.1) is 0 Å². The van der Waals surface area contributed by atoms with E-state index in [9.17, 15) is 9.18 Å². The van der Waals surface area contributed by atoms with E-state index in [0.29, 0.717) is 18.9 Å². The van der Waals surface area contributed by atoms with E-state index in [-0.39, 0.29) is 23.7 Å². The number of aromatic nitrogens is 2. The second-order valence-corrected chi connectivity index (χ2v) is 6.86. The highest BCUT2D eigenvalue weighted by atomic mass is 19.1. The number of hydrogen-bond donors (Lipinski definition) is 2. The molecule has 1 aliphatic carbocycles. The Kier molecular flexibility index (Phi) is 4.73. The monoisotopic (exact) mass is 364 g/mol. The average molecular weight is 364 g/mol. The molecule has 0 bridgehead atoms. The van der Waals surface area contributed by atoms with E-state index in [0.717, 1.165) is 23.1 Å². The molecule has 2 atom stereocenters. The fourth-order valence-corrected chi connectivity index (χ4v) is 3.64. The third kappa shape index (κ3) is 3.61. The van der Waals surface area contributed by atoms with E-state index in [1.807, 2.05) is 28.8 Å². The molecule has 0 spiro atoms. The molecule has 6 heteroatoms. The Bertz CT molecular complexity index is 951. The number of carbonyl (C=O) groups excluding carboxylic acids is 1. The summed E-state index contributed by atoms with van der Waals surface area (Å²) in [6.07, 6.45) is 4.93. The van der Waals surface area contributed by atoms with Gasteiger partial charge in [-0.1, -0.05) is 36.4 Å². The minimum atomic E-state index is -0.271. The van der Waals surface area contributed by atoms with Gasteiger partial charge in [-0.25, -0.2) is 9.37 Å². The minimum Gasteiger partial charge on any atom is -0.324 e. The lowest BCUT2D eigenvalue weighted by Crippen LogP contribution is -2.29. The standard InChI is InChI=1S/C21H21FN4O/c22-15-7-5-14(6-8-15)13-26-12-11-24-21(26)25-20(27)18-9-10-19(23)17-4-2-1-3-16(17)18/h1-8,11-12,18-19H,9-10,13,23H2,(H,24,25,27). The van der Waals surface area contributed by atoms with Gasteiger partial charge in [0.15, 0.2) is 0 Å². The fraction of sp³-hybridized carbons (Fsp3) is 0.238. The normalized spacial score (nSPS) is 18.7. The van der Waals surface area contributed by atoms with Gasteiger partial charge < -0.3 is 10.3 Å². The second kappa shape index (κ2) is 7.32. The lowest BCUT2D eigenvalue weighted by Gasteiger charge is -2.28. The Labute approximate surface area is 157 Å². The van der Waals surface area contributed by atoms with Crippen LogP contribution in [0.15, 0.2) is 60.9 Å². The summed E-state index contributed by atoms with van der Waals surface area (Å²) < 4.78 is 14.9. The molecule has 0 aliphatic heterocycles. The van der Waals surface area contributed by atoms with E-state index < -0.39 is 0 Å². The first-order valence-electron chi connectivity index (χ1n) is 9.02. The summed E-state index contributed by atoms with van der Waals surface area (Å²) >= 11 is 0. The van der Waals surface area contributed by atoms with Crippen LogP contribution in [0.1, 0.15) is 41.5 Å². The number of benzene rings is 2. The van der Waals surface area contributed by atoms with Crippen molar-refractivity contribution in [1.82, 2.24) is 9.55 Å². The quantitative estimate of drug-likeness (QED) is 0.743. The van der Waals surface area contributed by atoms with Gasteiger partial charge in [0.05, 0.1) is 12.5 Å². The smallest absolute Gasteiger partial charge is 0.234 e. The van der Waals surface area contributed by atoms with E-state index in [1.165, 1.54) is 12.1 Å². The molecule has 1 amide bonds. The van der Waals surface area contributed by atoms with E-state index >= 15 is 0 Å². The van der Waals surface area contributed by atoms with Crippen molar-refractivity contribution in [2.45, 2.75) is 31.3 Å². The number of nitrogens with zero attached hydrogens (tertiary/aromatic N) is 2. The van der Waals surface area contributed by atoms with Crippen LogP contribution in [0, 0.1) is 5.82 Å². The molecule has 0 fully saturated rings. The molecule has 138 valence electrons. The molecule has 1 aliphatic rings. The van der Waals surface area contributed by atoms with E-state index in [2.05, 4.69) is 10.3 Å². The molecule has 4 rings (SSSR count). The Hall–Kier alpha value is -2.99. The highest BCUT2D eigenvalue weighted by Crippen LogP contribution is 2.36. The zero-order valence-electron chi connectivity index (χ0n) is 14.8. The van der Waals surface area contributed by atoms with Crippen molar-refractivity contribution in [3.05, 3.63) is 83.4 Å². The van der Waals surface area contributed by atoms with Crippen molar-refractivity contribution >= 4 is 11.9 Å². The summed E-state index contributed by atoms with van der Waals surface area (Å²) in [5.74, 6) is -0.110. The molecule has 0 saturated carbocycles. The van der Waals surface area contributed by atoms with Crippen LogP contribution in [-0.4, -0.2) is 15.5 Å². The molecule has 2 aromatic carbocycles. The largest absolute Gasteiger partial charge is 0.324 e. The topological polar surface area (TPSA) is 72.9 Å². The third-order valence-electron chi connectivity index (χ3n) is 5.07. The maximum Gasteiger partial charge on any atom is 0.234 e. The molecule has 1 aromatic heterocycles. The predicted molar refractivity (Wildman–Crippen MR) is 102 cm³/mol. The predicted octanol–water partition coefficient (Wildman–Crippen LogP) is 3.59. The Balaban J connectivity index is 1.52. The zero-order chi connectivity index (χ0) is 18.8. The fourth-order valence-electron chi connectivity index (χ4n) is 3.64. The summed E-state index contributed by atoms with van der Waals surface area (Å²) in [5.41, 5.74) is 9.15. The number of carbonyl (C=O) groups is 1. The molecule has 1 heterocycles. The van der Waals surface area contributed by atoms with Crippen molar-refractivity contribution < 1.29 is 9.18 Å². The van der Waals surface area contributed by atoms with Crippen molar-refractivity contribution in [2.75, 3.05) is 5.32 Å². The number of nitrogens with one attached hydrogen (secondary N) is 1. The molecular formula is C21H21FN4O. The van der Waals surface area contributed by atoms with Gasteiger partial charge in [-0.05, 0) is 41.7 Å². The van der Waals surface area contributed by atoms with E-state index in [1.54, 1.807) is 24.5 Å². The number of amides is 1. The van der Waals surface area contributed by atoms with Crippen LogP contribution in [0.5, 0.6) is 0 Å². The summed E-state index contributed by atoms with van der Waals surface area (Å²) in [4.78, 5) is 17.2. The van der Waals surface area contributed by atoms with Gasteiger partial charge in [0.25, 0.3) is 0 Å². The van der Waals surface area contributed by atoms with Crippen LogP contribution in [0.25, 0.3) is 0 Å². The van der Waals surface area contributed by atoms with Crippen LogP contribution in [0.4, 0.5) is 10.3 Å². The Morgan fingerprint density at radius 3 is 2.67 bits per heavy atom. The third-order valence-corrected chi connectivity index (χ3v) is 5.07. The van der Waals surface area contributed by atoms with Gasteiger partial charge in [-0.3, -0.25) is 10.1 Å². The molecule has 0 saturated heterocycles. The minimum absolute atomic E-state index is 0.0225. The lowest BCUT2D eigenvalue weighted by molar-refractivity contribution is -0.118. The van der Waals surface area contributed by atoms with Crippen molar-refractivity contribution in [2.24, 2.45) is 5.73 Å². The van der Waals surface area contributed by atoms with Crippen LogP contribution >= 0.6 is 0 Å². The molecule has 3 aromatic rings. The summed E-state index contributed by atoms with van der Waals surface area (Å²) in [7, 11) is 0. The van der Waals surface area contributed by atoms with Gasteiger partial charge in [0.2, 0.25) is 11.9 Å². The van der Waals surface area contributed by atoms with Crippen molar-refractivity contribution in [1.29, 1.82) is 0 Å². The second-order valence-electron chi connectivity index (χ2n) is 6.86. The van der Waals surface area contributed by atoms with Gasteiger partial charge in [0.1, 0.15) is 5.82 Å². The highest BCUT2D eigenvalue weighted by molar-refractivity contribution is 5.95. The summed E-state index contributed by atoms with van der Waals surface area (Å²) in [5, 5.41) is 2.95. The van der Waals surface area contributed by atoms with Crippen LogP contribution in [-0.2, 0) is 11.3 Å². The van der Waals surface area contributed by atoms with Gasteiger partial charge in [0, 0.05) is 18.4 Å². The molecular weight excluding hydrogens is 343 g/mol. The average Bonchev–Trinajstić information content (AvgIpc) is 3.10. The van der Waals surface area contributed by atoms with Crippen LogP contribution in [0.3, 0.4) is 0 Å². The number of nitrogens with two attached hydrogens (primary N) is 1. The van der Waals surface area contributed by atoms with Crippen molar-refractivity contribution in [3.8, 4) is 0 Å². The summed E-state index contributed by atoms with van der Waals surface area (Å²) in [6, 6.07) is 14.1. The number of imidazole rings is 1. The number of halogens is 1. The summed E-state index contributed by atoms with van der Waals surface area (Å²) in [6.45, 7) is 0.502. The maximum atomic E-state index is 13.1.